The minimum Gasteiger partial charge on any atom is -0.389 e. The first-order valence-electron chi connectivity index (χ1n) is 5.30. The van der Waals surface area contributed by atoms with Crippen LogP contribution < -0.4 is 5.73 Å². The number of thiocarbonyl (C=S) groups is 1. The van der Waals surface area contributed by atoms with Gasteiger partial charge in [-0.25, -0.2) is 9.67 Å². The van der Waals surface area contributed by atoms with Crippen molar-refractivity contribution in [2.45, 2.75) is 20.8 Å². The summed E-state index contributed by atoms with van der Waals surface area (Å²) in [5.41, 5.74) is 9.64. The molecule has 2 aromatic rings. The fraction of sp³-hybridized carbons (Fsp3) is 0.250. The standard InChI is InChI=1S/C12H14N4S/c1-7-8(2)15-16(9(7)3)12-10(11(13)17)5-4-6-14-12/h4-6H,1-3H3,(H2,13,17). The normalized spacial score (nSPS) is 10.5. The molecule has 4 nitrogen and oxygen atoms in total. The van der Waals surface area contributed by atoms with E-state index < -0.39 is 0 Å². The number of nitrogens with two attached hydrogens (primary N) is 1. The summed E-state index contributed by atoms with van der Waals surface area (Å²) in [6, 6.07) is 3.67. The van der Waals surface area contributed by atoms with Crippen molar-refractivity contribution < 1.29 is 0 Å². The van der Waals surface area contributed by atoms with Crippen LogP contribution in [-0.2, 0) is 0 Å². The number of pyridine rings is 1. The highest BCUT2D eigenvalue weighted by Crippen LogP contribution is 2.17. The molecule has 0 bridgehead atoms. The van der Waals surface area contributed by atoms with E-state index in [2.05, 4.69) is 10.1 Å². The van der Waals surface area contributed by atoms with Crippen molar-refractivity contribution in [2.24, 2.45) is 5.73 Å². The molecule has 2 rings (SSSR count). The van der Waals surface area contributed by atoms with Crippen molar-refractivity contribution in [3.63, 3.8) is 0 Å². The number of aryl methyl sites for hydroxylation is 1. The number of aromatic nitrogens is 3. The quantitative estimate of drug-likeness (QED) is 0.821. The van der Waals surface area contributed by atoms with E-state index in [9.17, 15) is 0 Å². The molecule has 0 aliphatic rings. The van der Waals surface area contributed by atoms with Gasteiger partial charge in [0.05, 0.1) is 11.3 Å². The Morgan fingerprint density at radius 3 is 2.59 bits per heavy atom. The predicted octanol–water partition coefficient (Wildman–Crippen LogP) is 1.83. The van der Waals surface area contributed by atoms with E-state index in [1.807, 2.05) is 32.9 Å². The number of hydrogen-bond donors (Lipinski definition) is 1. The van der Waals surface area contributed by atoms with E-state index in [1.54, 1.807) is 10.9 Å². The summed E-state index contributed by atoms with van der Waals surface area (Å²) >= 11 is 5.03. The van der Waals surface area contributed by atoms with Crippen LogP contribution in [0.1, 0.15) is 22.5 Å². The Balaban J connectivity index is 2.68. The third-order valence-electron chi connectivity index (χ3n) is 2.91. The highest BCUT2D eigenvalue weighted by molar-refractivity contribution is 7.80. The molecular weight excluding hydrogens is 232 g/mol. The second-order valence-corrected chi connectivity index (χ2v) is 4.39. The average Bonchev–Trinajstić information content (AvgIpc) is 2.57. The van der Waals surface area contributed by atoms with Gasteiger partial charge in [0.1, 0.15) is 4.99 Å². The number of hydrogen-bond acceptors (Lipinski definition) is 3. The lowest BCUT2D eigenvalue weighted by molar-refractivity contribution is 0.804. The molecule has 5 heteroatoms. The molecule has 0 aliphatic heterocycles. The lowest BCUT2D eigenvalue weighted by atomic mass is 10.2. The summed E-state index contributed by atoms with van der Waals surface area (Å²) in [5, 5.41) is 4.46. The van der Waals surface area contributed by atoms with Crippen LogP contribution in [0.3, 0.4) is 0 Å². The Morgan fingerprint density at radius 2 is 2.06 bits per heavy atom. The SMILES string of the molecule is Cc1nn(-c2ncccc2C(N)=S)c(C)c1C. The summed E-state index contributed by atoms with van der Waals surface area (Å²) in [5.74, 6) is 0.689. The molecule has 0 spiro atoms. The second kappa shape index (κ2) is 4.25. The van der Waals surface area contributed by atoms with Gasteiger partial charge in [0.2, 0.25) is 0 Å². The van der Waals surface area contributed by atoms with Gasteiger partial charge in [-0.05, 0) is 38.5 Å². The summed E-state index contributed by atoms with van der Waals surface area (Å²) in [6.45, 7) is 6.02. The molecule has 2 N–H and O–H groups in total. The van der Waals surface area contributed by atoms with Gasteiger partial charge >= 0.3 is 0 Å². The van der Waals surface area contributed by atoms with E-state index in [4.69, 9.17) is 18.0 Å². The Morgan fingerprint density at radius 1 is 1.35 bits per heavy atom. The molecule has 0 fully saturated rings. The first-order valence-corrected chi connectivity index (χ1v) is 5.71. The van der Waals surface area contributed by atoms with E-state index in [0.717, 1.165) is 22.5 Å². The summed E-state index contributed by atoms with van der Waals surface area (Å²) in [6.07, 6.45) is 1.71. The number of nitrogens with zero attached hydrogens (tertiary/aromatic N) is 3. The second-order valence-electron chi connectivity index (χ2n) is 3.95. The lowest BCUT2D eigenvalue weighted by Crippen LogP contribution is -2.15. The molecule has 2 heterocycles. The van der Waals surface area contributed by atoms with E-state index in [0.29, 0.717) is 10.8 Å². The van der Waals surface area contributed by atoms with Crippen LogP contribution in [0.4, 0.5) is 0 Å². The van der Waals surface area contributed by atoms with E-state index in [1.165, 1.54) is 0 Å². The average molecular weight is 246 g/mol. The highest BCUT2D eigenvalue weighted by atomic mass is 32.1. The molecule has 0 aromatic carbocycles. The van der Waals surface area contributed by atoms with Crippen molar-refractivity contribution >= 4 is 17.2 Å². The Kier molecular flexibility index (Phi) is 2.93. The van der Waals surface area contributed by atoms with Crippen molar-refractivity contribution in [3.8, 4) is 5.82 Å². The molecule has 17 heavy (non-hydrogen) atoms. The van der Waals surface area contributed by atoms with Crippen molar-refractivity contribution in [1.29, 1.82) is 0 Å². The molecular formula is C12H14N4S. The van der Waals surface area contributed by atoms with Crippen LogP contribution in [0, 0.1) is 20.8 Å². The Labute approximate surface area is 105 Å². The summed E-state index contributed by atoms with van der Waals surface area (Å²) in [4.78, 5) is 4.65. The maximum absolute atomic E-state index is 5.70. The summed E-state index contributed by atoms with van der Waals surface area (Å²) < 4.78 is 1.79. The molecule has 0 aliphatic carbocycles. The molecule has 0 unspecified atom stereocenters. The van der Waals surface area contributed by atoms with Crippen LogP contribution in [0.5, 0.6) is 0 Å². The molecule has 88 valence electrons. The Hall–Kier alpha value is -1.75. The molecule has 0 saturated carbocycles. The van der Waals surface area contributed by atoms with E-state index in [-0.39, 0.29) is 0 Å². The maximum atomic E-state index is 5.70. The van der Waals surface area contributed by atoms with Gasteiger partial charge in [0.25, 0.3) is 0 Å². The van der Waals surface area contributed by atoms with Crippen LogP contribution in [0.25, 0.3) is 5.82 Å². The largest absolute Gasteiger partial charge is 0.389 e. The molecule has 0 amide bonds. The van der Waals surface area contributed by atoms with Gasteiger partial charge in [-0.3, -0.25) is 0 Å². The minimum atomic E-state index is 0.332. The summed E-state index contributed by atoms with van der Waals surface area (Å²) in [7, 11) is 0. The zero-order valence-electron chi connectivity index (χ0n) is 10.1. The van der Waals surface area contributed by atoms with E-state index >= 15 is 0 Å². The zero-order chi connectivity index (χ0) is 12.6. The molecule has 2 aromatic heterocycles. The van der Waals surface area contributed by atoms with Gasteiger partial charge in [-0.15, -0.1) is 0 Å². The highest BCUT2D eigenvalue weighted by Gasteiger charge is 2.14. The third kappa shape index (κ3) is 1.93. The first kappa shape index (κ1) is 11.7. The van der Waals surface area contributed by atoms with Gasteiger partial charge in [0.15, 0.2) is 5.82 Å². The van der Waals surface area contributed by atoms with Crippen molar-refractivity contribution in [1.82, 2.24) is 14.8 Å². The fourth-order valence-electron chi connectivity index (χ4n) is 1.68. The maximum Gasteiger partial charge on any atom is 0.163 e. The number of rotatable bonds is 2. The van der Waals surface area contributed by atoms with Gasteiger partial charge in [-0.1, -0.05) is 12.2 Å². The van der Waals surface area contributed by atoms with Crippen LogP contribution in [0.15, 0.2) is 18.3 Å². The van der Waals surface area contributed by atoms with Crippen LogP contribution in [0.2, 0.25) is 0 Å². The smallest absolute Gasteiger partial charge is 0.163 e. The third-order valence-corrected chi connectivity index (χ3v) is 3.13. The van der Waals surface area contributed by atoms with Crippen molar-refractivity contribution in [3.05, 3.63) is 40.8 Å². The zero-order valence-corrected chi connectivity index (χ0v) is 10.9. The molecule has 0 saturated heterocycles. The molecule has 0 radical (unpaired) electrons. The first-order chi connectivity index (χ1) is 8.02. The van der Waals surface area contributed by atoms with Crippen LogP contribution >= 0.6 is 12.2 Å². The Bertz CT molecular complexity index is 586. The topological polar surface area (TPSA) is 56.7 Å². The molecule has 0 atom stereocenters. The lowest BCUT2D eigenvalue weighted by Gasteiger charge is -2.08. The van der Waals surface area contributed by atoms with Gasteiger partial charge in [0, 0.05) is 11.9 Å². The van der Waals surface area contributed by atoms with Crippen molar-refractivity contribution in [2.75, 3.05) is 0 Å². The van der Waals surface area contributed by atoms with Gasteiger partial charge < -0.3 is 5.73 Å². The predicted molar refractivity (Wildman–Crippen MR) is 71.5 cm³/mol. The minimum absolute atomic E-state index is 0.332. The monoisotopic (exact) mass is 246 g/mol. The fourth-order valence-corrected chi connectivity index (χ4v) is 1.84. The van der Waals surface area contributed by atoms with Gasteiger partial charge in [-0.2, -0.15) is 5.10 Å². The van der Waals surface area contributed by atoms with Crippen LogP contribution in [-0.4, -0.2) is 19.8 Å².